The summed E-state index contributed by atoms with van der Waals surface area (Å²) in [6.07, 6.45) is 0. The maximum atomic E-state index is 5.94. The summed E-state index contributed by atoms with van der Waals surface area (Å²) in [6.45, 7) is 0. The lowest BCUT2D eigenvalue weighted by Crippen LogP contribution is -1.81. The van der Waals surface area contributed by atoms with Crippen LogP contribution in [0.4, 0.5) is 5.69 Å². The minimum Gasteiger partial charge on any atom is -0.399 e. The van der Waals surface area contributed by atoms with E-state index >= 15 is 0 Å². The van der Waals surface area contributed by atoms with Gasteiger partial charge in [0.15, 0.2) is 0 Å². The highest BCUT2D eigenvalue weighted by molar-refractivity contribution is 7.26. The van der Waals surface area contributed by atoms with Crippen molar-refractivity contribution in [3.63, 3.8) is 0 Å². The third-order valence-corrected chi connectivity index (χ3v) is 5.34. The molecule has 0 saturated carbocycles. The molecule has 0 spiro atoms. The van der Waals surface area contributed by atoms with E-state index in [2.05, 4.69) is 53.5 Å². The zero-order chi connectivity index (χ0) is 14.0. The van der Waals surface area contributed by atoms with Crippen molar-refractivity contribution in [2.24, 2.45) is 0 Å². The van der Waals surface area contributed by atoms with Crippen molar-refractivity contribution in [3.05, 3.63) is 54.6 Å². The summed E-state index contributed by atoms with van der Waals surface area (Å²) in [4.78, 5) is 3.58. The number of rotatable bonds is 0. The van der Waals surface area contributed by atoms with Gasteiger partial charge in [0.2, 0.25) is 0 Å². The van der Waals surface area contributed by atoms with E-state index in [9.17, 15) is 0 Å². The number of nitrogens with two attached hydrogens (primary N) is 1. The van der Waals surface area contributed by atoms with Gasteiger partial charge >= 0.3 is 0 Å². The highest BCUT2D eigenvalue weighted by Gasteiger charge is 2.11. The van der Waals surface area contributed by atoms with Gasteiger partial charge in [0.25, 0.3) is 0 Å². The van der Waals surface area contributed by atoms with Gasteiger partial charge in [-0.25, -0.2) is 0 Å². The van der Waals surface area contributed by atoms with E-state index in [1.807, 2.05) is 17.4 Å². The van der Waals surface area contributed by atoms with Crippen LogP contribution in [0.3, 0.4) is 0 Å². The summed E-state index contributed by atoms with van der Waals surface area (Å²) in [5, 5.41) is 5.10. The average Bonchev–Trinajstić information content (AvgIpc) is 3.05. The van der Waals surface area contributed by atoms with Crippen LogP contribution in [-0.4, -0.2) is 4.98 Å². The normalized spacial score (nSPS) is 12.0. The molecule has 21 heavy (non-hydrogen) atoms. The van der Waals surface area contributed by atoms with Crippen LogP contribution in [0.15, 0.2) is 54.6 Å². The largest absolute Gasteiger partial charge is 0.399 e. The first-order valence-electron chi connectivity index (χ1n) is 6.92. The number of hydrogen-bond acceptors (Lipinski definition) is 2. The molecule has 0 amide bonds. The van der Waals surface area contributed by atoms with Crippen molar-refractivity contribution in [1.82, 2.24) is 4.98 Å². The molecule has 3 heteroatoms. The minimum atomic E-state index is 0.818. The molecule has 2 aromatic heterocycles. The predicted octanol–water partition coefficient (Wildman–Crippen LogP) is 5.27. The number of aromatic amines is 1. The summed E-state index contributed by atoms with van der Waals surface area (Å²) in [6, 6.07) is 19.1. The fourth-order valence-electron chi connectivity index (χ4n) is 3.17. The number of nitrogen functional groups attached to an aromatic ring is 1. The lowest BCUT2D eigenvalue weighted by molar-refractivity contribution is 1.57. The smallest absolute Gasteiger partial charge is 0.0646 e. The van der Waals surface area contributed by atoms with Crippen LogP contribution >= 0.6 is 11.3 Å². The minimum absolute atomic E-state index is 0.818. The van der Waals surface area contributed by atoms with Gasteiger partial charge in [-0.05, 0) is 24.3 Å². The SMILES string of the molecule is Nc1ccc2sc3c(ccc4c5ccccc5[nH]c43)c2c1. The number of nitrogens with one attached hydrogen (secondary N) is 1. The second-order valence-corrected chi connectivity index (χ2v) is 6.45. The van der Waals surface area contributed by atoms with E-state index in [-0.39, 0.29) is 0 Å². The van der Waals surface area contributed by atoms with E-state index < -0.39 is 0 Å². The van der Waals surface area contributed by atoms with Gasteiger partial charge in [0.05, 0.1) is 10.2 Å². The second kappa shape index (κ2) is 3.77. The molecule has 0 radical (unpaired) electrons. The van der Waals surface area contributed by atoms with Crippen LogP contribution < -0.4 is 5.73 Å². The zero-order valence-corrected chi connectivity index (χ0v) is 12.0. The lowest BCUT2D eigenvalue weighted by atomic mass is 10.1. The highest BCUT2D eigenvalue weighted by Crippen LogP contribution is 2.40. The van der Waals surface area contributed by atoms with Crippen LogP contribution in [-0.2, 0) is 0 Å². The number of hydrogen-bond donors (Lipinski definition) is 2. The van der Waals surface area contributed by atoms with Gasteiger partial charge in [0, 0.05) is 37.4 Å². The molecule has 0 bridgehead atoms. The molecule has 0 aliphatic carbocycles. The third-order valence-electron chi connectivity index (χ3n) is 4.14. The maximum absolute atomic E-state index is 5.94. The molecule has 2 heterocycles. The zero-order valence-electron chi connectivity index (χ0n) is 11.2. The Kier molecular flexibility index (Phi) is 2.01. The Bertz CT molecular complexity index is 1150. The van der Waals surface area contributed by atoms with Gasteiger partial charge < -0.3 is 10.7 Å². The van der Waals surface area contributed by atoms with Gasteiger partial charge in [-0.15, -0.1) is 11.3 Å². The summed E-state index contributed by atoms with van der Waals surface area (Å²) < 4.78 is 2.59. The monoisotopic (exact) mass is 288 g/mol. The van der Waals surface area contributed by atoms with Crippen molar-refractivity contribution in [3.8, 4) is 0 Å². The van der Waals surface area contributed by atoms with Gasteiger partial charge in [-0.3, -0.25) is 0 Å². The number of para-hydroxylation sites is 1. The van der Waals surface area contributed by atoms with Crippen LogP contribution in [0, 0.1) is 0 Å². The molecule has 3 aromatic carbocycles. The molecular formula is C18H12N2S. The van der Waals surface area contributed by atoms with E-state index in [1.165, 1.54) is 42.0 Å². The van der Waals surface area contributed by atoms with E-state index in [4.69, 9.17) is 5.73 Å². The first-order chi connectivity index (χ1) is 10.3. The standard InChI is InChI=1S/C18H12N2S/c19-10-5-8-16-14(9-10)13-7-6-12-11-3-1-2-4-15(11)20-17(12)18(13)21-16/h1-9,20H,19H2. The van der Waals surface area contributed by atoms with Crippen LogP contribution in [0.1, 0.15) is 0 Å². The van der Waals surface area contributed by atoms with Gasteiger partial charge in [-0.1, -0.05) is 30.3 Å². The quantitative estimate of drug-likeness (QED) is 0.374. The molecule has 5 rings (SSSR count). The maximum Gasteiger partial charge on any atom is 0.0646 e. The lowest BCUT2D eigenvalue weighted by Gasteiger charge is -1.95. The summed E-state index contributed by atoms with van der Waals surface area (Å²) in [5.41, 5.74) is 9.19. The number of fused-ring (bicyclic) bond motifs is 7. The Morgan fingerprint density at radius 3 is 2.62 bits per heavy atom. The molecule has 100 valence electrons. The van der Waals surface area contributed by atoms with E-state index in [0.717, 1.165) is 5.69 Å². The van der Waals surface area contributed by atoms with Gasteiger partial charge in [0.1, 0.15) is 0 Å². The number of benzene rings is 3. The van der Waals surface area contributed by atoms with Crippen molar-refractivity contribution in [2.75, 3.05) is 5.73 Å². The number of H-pyrrole nitrogens is 1. The number of thiophene rings is 1. The van der Waals surface area contributed by atoms with E-state index in [0.29, 0.717) is 0 Å². The predicted molar refractivity (Wildman–Crippen MR) is 93.1 cm³/mol. The molecule has 0 aliphatic heterocycles. The van der Waals surface area contributed by atoms with Crippen molar-refractivity contribution in [1.29, 1.82) is 0 Å². The molecule has 5 aromatic rings. The van der Waals surface area contributed by atoms with Crippen molar-refractivity contribution >= 4 is 59.0 Å². The summed E-state index contributed by atoms with van der Waals surface area (Å²) in [5.74, 6) is 0. The highest BCUT2D eigenvalue weighted by atomic mass is 32.1. The first kappa shape index (κ1) is 11.2. The van der Waals surface area contributed by atoms with Crippen molar-refractivity contribution in [2.45, 2.75) is 0 Å². The summed E-state index contributed by atoms with van der Waals surface area (Å²) in [7, 11) is 0. The van der Waals surface area contributed by atoms with Gasteiger partial charge in [-0.2, -0.15) is 0 Å². The molecule has 0 unspecified atom stereocenters. The Morgan fingerprint density at radius 1 is 0.810 bits per heavy atom. The summed E-state index contributed by atoms with van der Waals surface area (Å²) >= 11 is 1.83. The molecular weight excluding hydrogens is 276 g/mol. The van der Waals surface area contributed by atoms with Crippen LogP contribution in [0.5, 0.6) is 0 Å². The van der Waals surface area contributed by atoms with E-state index in [1.54, 1.807) is 0 Å². The molecule has 0 atom stereocenters. The second-order valence-electron chi connectivity index (χ2n) is 5.39. The fraction of sp³-hybridized carbons (Fsp3) is 0. The van der Waals surface area contributed by atoms with Crippen LogP contribution in [0.25, 0.3) is 42.0 Å². The van der Waals surface area contributed by atoms with Crippen LogP contribution in [0.2, 0.25) is 0 Å². The Labute approximate surface area is 124 Å². The Hall–Kier alpha value is -2.52. The molecule has 2 nitrogen and oxygen atoms in total. The number of anilines is 1. The Morgan fingerprint density at radius 2 is 1.67 bits per heavy atom. The fourth-order valence-corrected chi connectivity index (χ4v) is 4.35. The third kappa shape index (κ3) is 1.41. The first-order valence-corrected chi connectivity index (χ1v) is 7.74. The molecule has 3 N–H and O–H groups in total. The average molecular weight is 288 g/mol. The van der Waals surface area contributed by atoms with Crippen molar-refractivity contribution < 1.29 is 0 Å². The Balaban J connectivity index is 2.06. The number of aromatic nitrogens is 1. The molecule has 0 fully saturated rings. The topological polar surface area (TPSA) is 41.8 Å². The molecule has 0 aliphatic rings. The molecule has 0 saturated heterocycles.